The lowest BCUT2D eigenvalue weighted by atomic mass is 10.0. The fourth-order valence-corrected chi connectivity index (χ4v) is 4.18. The third kappa shape index (κ3) is 4.43. The van der Waals surface area contributed by atoms with Crippen LogP contribution in [-0.4, -0.2) is 53.6 Å². The first-order chi connectivity index (χ1) is 16.5. The Balaban J connectivity index is 1.51. The number of nitrogens with zero attached hydrogens (tertiary/aromatic N) is 4. The summed E-state index contributed by atoms with van der Waals surface area (Å²) in [6.45, 7) is 4.98. The fourth-order valence-electron chi connectivity index (χ4n) is 4.18. The van der Waals surface area contributed by atoms with Gasteiger partial charge in [0.05, 0.1) is 31.0 Å². The number of ether oxygens (including phenoxy) is 2. The van der Waals surface area contributed by atoms with Crippen molar-refractivity contribution in [2.45, 2.75) is 19.9 Å². The number of benzene rings is 2. The van der Waals surface area contributed by atoms with Gasteiger partial charge in [0.25, 0.3) is 5.91 Å². The molecule has 2 aromatic carbocycles. The summed E-state index contributed by atoms with van der Waals surface area (Å²) in [7, 11) is 0. The van der Waals surface area contributed by atoms with Crippen molar-refractivity contribution in [1.29, 1.82) is 0 Å². The second-order valence-corrected chi connectivity index (χ2v) is 8.32. The minimum absolute atomic E-state index is 0.0973. The van der Waals surface area contributed by atoms with E-state index < -0.39 is 11.6 Å². The maximum Gasteiger partial charge on any atom is 0.254 e. The number of anilines is 1. The molecular weight excluding hydrogens is 442 g/mol. The zero-order chi connectivity index (χ0) is 23.7. The highest BCUT2D eigenvalue weighted by molar-refractivity contribution is 5.95. The first-order valence-corrected chi connectivity index (χ1v) is 11.2. The van der Waals surface area contributed by atoms with Crippen LogP contribution in [0.1, 0.15) is 27.2 Å². The molecule has 34 heavy (non-hydrogen) atoms. The highest BCUT2D eigenvalue weighted by Crippen LogP contribution is 2.33. The molecule has 1 fully saturated rings. The van der Waals surface area contributed by atoms with Gasteiger partial charge in [-0.05, 0) is 30.7 Å². The van der Waals surface area contributed by atoms with Crippen LogP contribution < -0.4 is 9.64 Å². The number of hydrogen-bond acceptors (Lipinski definition) is 6. The summed E-state index contributed by atoms with van der Waals surface area (Å²) in [4.78, 5) is 26.3. The summed E-state index contributed by atoms with van der Waals surface area (Å²) in [5.41, 5.74) is 2.89. The molecule has 176 valence electrons. The van der Waals surface area contributed by atoms with Gasteiger partial charge in [0.2, 0.25) is 11.8 Å². The van der Waals surface area contributed by atoms with Gasteiger partial charge in [-0.15, -0.1) is 0 Å². The molecule has 3 aromatic rings. The van der Waals surface area contributed by atoms with Crippen molar-refractivity contribution < 1.29 is 23.0 Å². The fraction of sp³-hybridized carbons (Fsp3) is 0.320. The van der Waals surface area contributed by atoms with Gasteiger partial charge in [0, 0.05) is 37.7 Å². The van der Waals surface area contributed by atoms with E-state index in [1.165, 1.54) is 6.07 Å². The number of amides is 1. The van der Waals surface area contributed by atoms with E-state index in [1.54, 1.807) is 11.0 Å². The molecule has 0 spiro atoms. The van der Waals surface area contributed by atoms with Gasteiger partial charge in [-0.2, -0.15) is 4.98 Å². The predicted octanol–water partition coefficient (Wildman–Crippen LogP) is 3.89. The minimum Gasteiger partial charge on any atom is -0.435 e. The highest BCUT2D eigenvalue weighted by atomic mass is 19.1. The Morgan fingerprint density at radius 1 is 1.06 bits per heavy atom. The van der Waals surface area contributed by atoms with Crippen molar-refractivity contribution >= 4 is 11.9 Å². The van der Waals surface area contributed by atoms with Gasteiger partial charge in [-0.1, -0.05) is 18.2 Å². The highest BCUT2D eigenvalue weighted by Gasteiger charge is 2.29. The quantitative estimate of drug-likeness (QED) is 0.581. The Hall–Kier alpha value is -3.59. The van der Waals surface area contributed by atoms with Gasteiger partial charge in [-0.25, -0.2) is 13.8 Å². The molecule has 0 radical (unpaired) electrons. The molecule has 0 saturated carbocycles. The molecule has 2 aliphatic rings. The molecule has 9 heteroatoms. The lowest BCUT2D eigenvalue weighted by molar-refractivity contribution is 0.0731. The predicted molar refractivity (Wildman–Crippen MR) is 121 cm³/mol. The molecule has 0 atom stereocenters. The van der Waals surface area contributed by atoms with Gasteiger partial charge in [-0.3, -0.25) is 4.79 Å². The van der Waals surface area contributed by atoms with Crippen molar-refractivity contribution in [1.82, 2.24) is 14.9 Å². The Morgan fingerprint density at radius 2 is 1.85 bits per heavy atom. The average molecular weight is 466 g/mol. The summed E-state index contributed by atoms with van der Waals surface area (Å²) in [6, 6.07) is 10.5. The Labute approximate surface area is 195 Å². The van der Waals surface area contributed by atoms with Crippen LogP contribution in [0.5, 0.6) is 11.6 Å². The number of morpholine rings is 1. The number of halogens is 2. The zero-order valence-electron chi connectivity index (χ0n) is 18.8. The van der Waals surface area contributed by atoms with Crippen molar-refractivity contribution in [2.75, 3.05) is 37.7 Å². The van der Waals surface area contributed by atoms with E-state index in [4.69, 9.17) is 14.5 Å². The van der Waals surface area contributed by atoms with Crippen LogP contribution in [0.25, 0.3) is 0 Å². The minimum atomic E-state index is -0.830. The number of aryl methyl sites for hydroxylation is 1. The standard InChI is InChI=1S/C25H24F2N4O3/c1-16-4-2-3-5-18(16)24(32)31-9-8-21-19(15-31)23(34-22-7-6-17(26)14-20(22)27)29-25(28-21)30-10-12-33-13-11-30/h2-7,14H,8-13,15H2,1H3. The van der Waals surface area contributed by atoms with Crippen LogP contribution in [-0.2, 0) is 17.7 Å². The molecule has 1 aromatic heterocycles. The summed E-state index contributed by atoms with van der Waals surface area (Å²) < 4.78 is 39.1. The van der Waals surface area contributed by atoms with Gasteiger partial charge in [0.15, 0.2) is 11.6 Å². The molecular formula is C25H24F2N4O3. The van der Waals surface area contributed by atoms with Gasteiger partial charge in [0.1, 0.15) is 5.82 Å². The van der Waals surface area contributed by atoms with E-state index in [9.17, 15) is 13.6 Å². The summed E-state index contributed by atoms with van der Waals surface area (Å²) in [6.07, 6.45) is 0.509. The molecule has 0 N–H and O–H groups in total. The summed E-state index contributed by atoms with van der Waals surface area (Å²) in [5, 5.41) is 0. The number of carbonyl (C=O) groups is 1. The van der Waals surface area contributed by atoms with Crippen LogP contribution in [0.3, 0.4) is 0 Å². The number of aromatic nitrogens is 2. The first-order valence-electron chi connectivity index (χ1n) is 11.2. The van der Waals surface area contributed by atoms with E-state index in [0.29, 0.717) is 56.3 Å². The van der Waals surface area contributed by atoms with Crippen LogP contribution in [0.15, 0.2) is 42.5 Å². The zero-order valence-corrected chi connectivity index (χ0v) is 18.8. The summed E-state index contributed by atoms with van der Waals surface area (Å²) in [5.74, 6) is -1.13. The van der Waals surface area contributed by atoms with Crippen molar-refractivity contribution in [3.63, 3.8) is 0 Å². The van der Waals surface area contributed by atoms with Crippen molar-refractivity contribution in [3.8, 4) is 11.6 Å². The number of hydrogen-bond donors (Lipinski definition) is 0. The molecule has 0 unspecified atom stereocenters. The smallest absolute Gasteiger partial charge is 0.254 e. The van der Waals surface area contributed by atoms with E-state index >= 15 is 0 Å². The number of fused-ring (bicyclic) bond motifs is 1. The Bertz CT molecular complexity index is 1230. The third-order valence-corrected chi connectivity index (χ3v) is 6.07. The normalized spacial score (nSPS) is 15.7. The molecule has 1 saturated heterocycles. The molecule has 7 nitrogen and oxygen atoms in total. The third-order valence-electron chi connectivity index (χ3n) is 6.07. The lowest BCUT2D eigenvalue weighted by Gasteiger charge is -2.32. The SMILES string of the molecule is Cc1ccccc1C(=O)N1CCc2nc(N3CCOCC3)nc(Oc3ccc(F)cc3F)c2C1. The maximum absolute atomic E-state index is 14.4. The van der Waals surface area contributed by atoms with E-state index in [2.05, 4.69) is 4.98 Å². The Morgan fingerprint density at radius 3 is 2.62 bits per heavy atom. The number of rotatable bonds is 4. The molecule has 2 aliphatic heterocycles. The molecule has 0 aliphatic carbocycles. The largest absolute Gasteiger partial charge is 0.435 e. The maximum atomic E-state index is 14.4. The monoisotopic (exact) mass is 466 g/mol. The topological polar surface area (TPSA) is 67.8 Å². The van der Waals surface area contributed by atoms with Crippen LogP contribution in [0, 0.1) is 18.6 Å². The molecule has 0 bridgehead atoms. The van der Waals surface area contributed by atoms with Crippen LogP contribution in [0.2, 0.25) is 0 Å². The Kier molecular flexibility index (Phi) is 6.10. The van der Waals surface area contributed by atoms with Crippen molar-refractivity contribution in [3.05, 3.63) is 76.5 Å². The van der Waals surface area contributed by atoms with Crippen molar-refractivity contribution in [2.24, 2.45) is 0 Å². The second kappa shape index (κ2) is 9.34. The molecule has 5 rings (SSSR count). The molecule has 3 heterocycles. The first kappa shape index (κ1) is 22.2. The average Bonchev–Trinajstić information content (AvgIpc) is 2.86. The second-order valence-electron chi connectivity index (χ2n) is 8.32. The van der Waals surface area contributed by atoms with Gasteiger partial charge < -0.3 is 19.3 Å². The van der Waals surface area contributed by atoms with Gasteiger partial charge >= 0.3 is 0 Å². The number of carbonyl (C=O) groups excluding carboxylic acids is 1. The van der Waals surface area contributed by atoms with E-state index in [1.807, 2.05) is 30.0 Å². The summed E-state index contributed by atoms with van der Waals surface area (Å²) >= 11 is 0. The molecule has 1 amide bonds. The van der Waals surface area contributed by atoms with E-state index in [0.717, 1.165) is 23.4 Å². The van der Waals surface area contributed by atoms with Crippen LogP contribution >= 0.6 is 0 Å². The van der Waals surface area contributed by atoms with Crippen LogP contribution in [0.4, 0.5) is 14.7 Å². The van der Waals surface area contributed by atoms with E-state index in [-0.39, 0.29) is 24.1 Å². The lowest BCUT2D eigenvalue weighted by Crippen LogP contribution is -2.39.